The molecule has 2 heterocycles. The van der Waals surface area contributed by atoms with E-state index in [1.165, 1.54) is 0 Å². The number of nitrogens with one attached hydrogen (secondary N) is 1. The lowest BCUT2D eigenvalue weighted by molar-refractivity contribution is -0.117. The molecule has 1 amide bonds. The Morgan fingerprint density at radius 2 is 2.24 bits per heavy atom. The zero-order valence-corrected chi connectivity index (χ0v) is 9.46. The number of hydrogen-bond donors (Lipinski definition) is 3. The summed E-state index contributed by atoms with van der Waals surface area (Å²) >= 11 is 0. The number of aromatic nitrogens is 1. The fraction of sp³-hybridized carbons (Fsp3) is 0.600. The van der Waals surface area contributed by atoms with E-state index in [9.17, 15) is 15.0 Å². The van der Waals surface area contributed by atoms with Crippen molar-refractivity contribution in [1.82, 2.24) is 10.1 Å². The van der Waals surface area contributed by atoms with Crippen molar-refractivity contribution < 1.29 is 19.5 Å². The molecule has 0 unspecified atom stereocenters. The Bertz CT molecular complexity index is 396. The Kier molecular flexibility index (Phi) is 3.41. The maximum Gasteiger partial charge on any atom is 0.239 e. The average molecular weight is 241 g/mol. The van der Waals surface area contributed by atoms with Crippen molar-refractivity contribution in [2.24, 2.45) is 0 Å². The summed E-state index contributed by atoms with van der Waals surface area (Å²) < 4.78 is 4.81. The van der Waals surface area contributed by atoms with E-state index in [4.69, 9.17) is 4.52 Å². The molecule has 0 bridgehead atoms. The number of amides is 1. The quantitative estimate of drug-likeness (QED) is 0.625. The Balaban J connectivity index is 1.82. The van der Waals surface area contributed by atoms with E-state index < -0.39 is 12.2 Å². The summed E-state index contributed by atoms with van der Waals surface area (Å²) in [6.07, 6.45) is -1.56. The Labute approximate surface area is 98.0 Å². The van der Waals surface area contributed by atoms with Gasteiger partial charge in [-0.25, -0.2) is 0 Å². The highest BCUT2D eigenvalue weighted by Crippen LogP contribution is 2.10. The SMILES string of the molecule is Cc1cc(NC(=O)CN2C[C@@H](O)[C@@H](O)C2)no1. The molecule has 0 spiro atoms. The first-order valence-corrected chi connectivity index (χ1v) is 5.36. The minimum Gasteiger partial charge on any atom is -0.389 e. The van der Waals surface area contributed by atoms with Crippen molar-refractivity contribution >= 4 is 11.7 Å². The molecule has 94 valence electrons. The summed E-state index contributed by atoms with van der Waals surface area (Å²) in [5.74, 6) is 0.736. The molecule has 1 saturated heterocycles. The first kappa shape index (κ1) is 12.0. The third-order valence-electron chi connectivity index (χ3n) is 2.60. The molecule has 2 rings (SSSR count). The Hall–Kier alpha value is -1.44. The number of rotatable bonds is 3. The maximum atomic E-state index is 11.6. The van der Waals surface area contributed by atoms with Crippen molar-refractivity contribution in [2.45, 2.75) is 19.1 Å². The predicted octanol–water partition coefficient (Wildman–Crippen LogP) is -1.04. The van der Waals surface area contributed by atoms with Gasteiger partial charge >= 0.3 is 0 Å². The van der Waals surface area contributed by atoms with E-state index in [1.54, 1.807) is 17.9 Å². The molecule has 1 aromatic heterocycles. The lowest BCUT2D eigenvalue weighted by atomic mass is 10.3. The van der Waals surface area contributed by atoms with Crippen LogP contribution in [0.25, 0.3) is 0 Å². The van der Waals surface area contributed by atoms with E-state index in [-0.39, 0.29) is 12.5 Å². The number of carbonyl (C=O) groups is 1. The van der Waals surface area contributed by atoms with Crippen LogP contribution >= 0.6 is 0 Å². The largest absolute Gasteiger partial charge is 0.389 e. The number of anilines is 1. The molecular weight excluding hydrogens is 226 g/mol. The number of hydrogen-bond acceptors (Lipinski definition) is 6. The van der Waals surface area contributed by atoms with Crippen LogP contribution in [0.2, 0.25) is 0 Å². The second-order valence-corrected chi connectivity index (χ2v) is 4.20. The van der Waals surface area contributed by atoms with Crippen LogP contribution in [0.3, 0.4) is 0 Å². The number of likely N-dealkylation sites (tertiary alicyclic amines) is 1. The highest BCUT2D eigenvalue weighted by atomic mass is 16.5. The third kappa shape index (κ3) is 3.02. The van der Waals surface area contributed by atoms with Gasteiger partial charge in [-0.2, -0.15) is 0 Å². The van der Waals surface area contributed by atoms with Gasteiger partial charge in [-0.15, -0.1) is 0 Å². The summed E-state index contributed by atoms with van der Waals surface area (Å²) in [5, 5.41) is 24.9. The van der Waals surface area contributed by atoms with Crippen LogP contribution in [-0.4, -0.2) is 58.0 Å². The van der Waals surface area contributed by atoms with Crippen LogP contribution < -0.4 is 5.32 Å². The topological polar surface area (TPSA) is 98.8 Å². The molecule has 7 heteroatoms. The predicted molar refractivity (Wildman–Crippen MR) is 58.3 cm³/mol. The van der Waals surface area contributed by atoms with E-state index in [1.807, 2.05) is 0 Å². The van der Waals surface area contributed by atoms with Gasteiger partial charge in [0.1, 0.15) is 5.76 Å². The number of β-amino-alcohol motifs (C(OH)–C–C–N with tert-alkyl or cyclic N) is 2. The summed E-state index contributed by atoms with van der Waals surface area (Å²) in [5.41, 5.74) is 0. The zero-order valence-electron chi connectivity index (χ0n) is 9.46. The molecule has 1 aromatic rings. The monoisotopic (exact) mass is 241 g/mol. The molecule has 17 heavy (non-hydrogen) atoms. The average Bonchev–Trinajstić information content (AvgIpc) is 2.75. The van der Waals surface area contributed by atoms with E-state index >= 15 is 0 Å². The molecule has 3 N–H and O–H groups in total. The van der Waals surface area contributed by atoms with Gasteiger partial charge in [-0.1, -0.05) is 5.16 Å². The number of aryl methyl sites for hydroxylation is 1. The van der Waals surface area contributed by atoms with Gasteiger partial charge in [0.25, 0.3) is 0 Å². The molecule has 1 fully saturated rings. The molecule has 1 aliphatic heterocycles. The normalized spacial score (nSPS) is 25.1. The molecule has 2 atom stereocenters. The van der Waals surface area contributed by atoms with E-state index in [2.05, 4.69) is 10.5 Å². The lowest BCUT2D eigenvalue weighted by Gasteiger charge is -2.13. The summed E-state index contributed by atoms with van der Waals surface area (Å²) in [6, 6.07) is 1.62. The van der Waals surface area contributed by atoms with Crippen LogP contribution in [0, 0.1) is 6.92 Å². The second kappa shape index (κ2) is 4.82. The molecule has 0 aromatic carbocycles. The van der Waals surface area contributed by atoms with Gasteiger partial charge in [0.2, 0.25) is 5.91 Å². The van der Waals surface area contributed by atoms with Crippen molar-refractivity contribution in [1.29, 1.82) is 0 Å². The summed E-state index contributed by atoms with van der Waals surface area (Å²) in [6.45, 7) is 2.44. The smallest absolute Gasteiger partial charge is 0.239 e. The molecule has 0 saturated carbocycles. The number of aliphatic hydroxyl groups is 2. The first-order chi connectivity index (χ1) is 8.04. The third-order valence-corrected chi connectivity index (χ3v) is 2.60. The second-order valence-electron chi connectivity index (χ2n) is 4.20. The number of nitrogens with zero attached hydrogens (tertiary/aromatic N) is 2. The fourth-order valence-electron chi connectivity index (χ4n) is 1.79. The van der Waals surface area contributed by atoms with E-state index in [0.717, 1.165) is 0 Å². The van der Waals surface area contributed by atoms with Gasteiger partial charge in [0, 0.05) is 19.2 Å². The van der Waals surface area contributed by atoms with E-state index in [0.29, 0.717) is 24.7 Å². The van der Waals surface area contributed by atoms with Gasteiger partial charge in [0.15, 0.2) is 5.82 Å². The van der Waals surface area contributed by atoms with Crippen molar-refractivity contribution in [3.05, 3.63) is 11.8 Å². The highest BCUT2D eigenvalue weighted by molar-refractivity contribution is 5.91. The summed E-state index contributed by atoms with van der Waals surface area (Å²) in [4.78, 5) is 13.3. The van der Waals surface area contributed by atoms with Gasteiger partial charge in [-0.3, -0.25) is 9.69 Å². The molecule has 0 aliphatic carbocycles. The zero-order chi connectivity index (χ0) is 12.4. The molecule has 7 nitrogen and oxygen atoms in total. The Morgan fingerprint density at radius 1 is 1.59 bits per heavy atom. The lowest BCUT2D eigenvalue weighted by Crippen LogP contribution is -2.32. The highest BCUT2D eigenvalue weighted by Gasteiger charge is 2.30. The Morgan fingerprint density at radius 3 is 2.76 bits per heavy atom. The number of carbonyl (C=O) groups excluding carboxylic acids is 1. The van der Waals surface area contributed by atoms with Crippen LogP contribution in [0.4, 0.5) is 5.82 Å². The standard InChI is InChI=1S/C10H15N3O4/c1-6-2-9(12-17-6)11-10(16)5-13-3-7(14)8(15)4-13/h2,7-8,14-15H,3-5H2,1H3,(H,11,12,16)/t7-,8+. The molecular formula is C10H15N3O4. The number of aliphatic hydroxyl groups excluding tert-OH is 2. The minimum atomic E-state index is -0.780. The van der Waals surface area contributed by atoms with Gasteiger partial charge < -0.3 is 20.1 Å². The van der Waals surface area contributed by atoms with Crippen molar-refractivity contribution in [2.75, 3.05) is 25.0 Å². The van der Waals surface area contributed by atoms with Crippen LogP contribution in [0.1, 0.15) is 5.76 Å². The molecule has 1 aliphatic rings. The minimum absolute atomic E-state index is 0.111. The van der Waals surface area contributed by atoms with Crippen LogP contribution in [0.15, 0.2) is 10.6 Å². The van der Waals surface area contributed by atoms with Gasteiger partial charge in [0.05, 0.1) is 18.8 Å². The van der Waals surface area contributed by atoms with Crippen molar-refractivity contribution in [3.8, 4) is 0 Å². The van der Waals surface area contributed by atoms with Crippen LogP contribution in [0.5, 0.6) is 0 Å². The molecule has 0 radical (unpaired) electrons. The first-order valence-electron chi connectivity index (χ1n) is 5.36. The van der Waals surface area contributed by atoms with Crippen molar-refractivity contribution in [3.63, 3.8) is 0 Å². The maximum absolute atomic E-state index is 11.6. The summed E-state index contributed by atoms with van der Waals surface area (Å²) in [7, 11) is 0. The fourth-order valence-corrected chi connectivity index (χ4v) is 1.79. The van der Waals surface area contributed by atoms with Crippen LogP contribution in [-0.2, 0) is 4.79 Å². The van der Waals surface area contributed by atoms with Gasteiger partial charge in [-0.05, 0) is 6.92 Å².